The van der Waals surface area contributed by atoms with Crippen LogP contribution < -0.4 is 4.72 Å². The molecule has 0 aliphatic rings. The normalized spacial score (nSPS) is 13.8. The van der Waals surface area contributed by atoms with E-state index >= 15 is 0 Å². The molecule has 0 aromatic carbocycles. The molecule has 0 aliphatic carbocycles. The second kappa shape index (κ2) is 6.42. The molecule has 17 heavy (non-hydrogen) atoms. The number of hydrogen-bond donors (Lipinski definition) is 1. The Balaban J connectivity index is 2.70. The lowest BCUT2D eigenvalue weighted by Crippen LogP contribution is -2.28. The van der Waals surface area contributed by atoms with Gasteiger partial charge in [0.2, 0.25) is 10.0 Å². The molecule has 0 fully saturated rings. The summed E-state index contributed by atoms with van der Waals surface area (Å²) in [6.45, 7) is 3.77. The van der Waals surface area contributed by atoms with E-state index in [0.717, 1.165) is 8.66 Å². The van der Waals surface area contributed by atoms with Crippen molar-refractivity contribution in [1.29, 1.82) is 0 Å². The SMILES string of the molecule is CCS(=O)CCNS(=O)(=O)c1cc(Br)sc1C. The molecule has 1 rings (SSSR count). The summed E-state index contributed by atoms with van der Waals surface area (Å²) in [6.07, 6.45) is 0. The van der Waals surface area contributed by atoms with E-state index in [0.29, 0.717) is 11.5 Å². The minimum absolute atomic E-state index is 0.204. The summed E-state index contributed by atoms with van der Waals surface area (Å²) in [7, 11) is -4.43. The second-order valence-electron chi connectivity index (χ2n) is 3.30. The van der Waals surface area contributed by atoms with Gasteiger partial charge >= 0.3 is 0 Å². The lowest BCUT2D eigenvalue weighted by atomic mass is 10.5. The first-order chi connectivity index (χ1) is 7.86. The van der Waals surface area contributed by atoms with Gasteiger partial charge in [0.25, 0.3) is 0 Å². The number of rotatable bonds is 6. The van der Waals surface area contributed by atoms with E-state index in [1.807, 2.05) is 6.92 Å². The average Bonchev–Trinajstić information content (AvgIpc) is 2.58. The van der Waals surface area contributed by atoms with Crippen LogP contribution in [0.4, 0.5) is 0 Å². The Kier molecular flexibility index (Phi) is 5.78. The molecular formula is C9H14BrNO3S3. The van der Waals surface area contributed by atoms with Gasteiger partial charge in [0.1, 0.15) is 0 Å². The van der Waals surface area contributed by atoms with Crippen LogP contribution in [0.5, 0.6) is 0 Å². The molecule has 0 spiro atoms. The summed E-state index contributed by atoms with van der Waals surface area (Å²) in [5, 5.41) is 0. The van der Waals surface area contributed by atoms with Gasteiger partial charge in [-0.1, -0.05) is 6.92 Å². The van der Waals surface area contributed by atoms with Crippen molar-refractivity contribution in [3.8, 4) is 0 Å². The zero-order valence-corrected chi connectivity index (χ0v) is 13.6. The molecule has 8 heteroatoms. The first-order valence-electron chi connectivity index (χ1n) is 4.97. The molecule has 98 valence electrons. The van der Waals surface area contributed by atoms with Crippen molar-refractivity contribution in [2.75, 3.05) is 18.1 Å². The van der Waals surface area contributed by atoms with Crippen LogP contribution in [0.1, 0.15) is 11.8 Å². The lowest BCUT2D eigenvalue weighted by molar-refractivity contribution is 0.584. The van der Waals surface area contributed by atoms with E-state index in [4.69, 9.17) is 0 Å². The number of sulfonamides is 1. The van der Waals surface area contributed by atoms with Gasteiger partial charge in [-0.3, -0.25) is 4.21 Å². The van der Waals surface area contributed by atoms with Gasteiger partial charge < -0.3 is 0 Å². The van der Waals surface area contributed by atoms with Gasteiger partial charge in [0, 0.05) is 33.7 Å². The standard InChI is InChI=1S/C9H14BrNO3S3/c1-3-16(12)5-4-11-17(13,14)8-6-9(10)15-7(8)2/h6,11H,3-5H2,1-2H3. The smallest absolute Gasteiger partial charge is 0.241 e. The molecule has 0 saturated heterocycles. The van der Waals surface area contributed by atoms with Crippen molar-refractivity contribution in [2.24, 2.45) is 0 Å². The van der Waals surface area contributed by atoms with Crippen LogP contribution in [0.25, 0.3) is 0 Å². The zero-order valence-electron chi connectivity index (χ0n) is 9.53. The fourth-order valence-electron chi connectivity index (χ4n) is 1.21. The minimum atomic E-state index is -3.48. The first kappa shape index (κ1) is 15.3. The highest BCUT2D eigenvalue weighted by Crippen LogP contribution is 2.29. The second-order valence-corrected chi connectivity index (χ2v) is 9.54. The van der Waals surface area contributed by atoms with Gasteiger partial charge in [0.05, 0.1) is 8.68 Å². The fraction of sp³-hybridized carbons (Fsp3) is 0.556. The van der Waals surface area contributed by atoms with Crippen molar-refractivity contribution in [2.45, 2.75) is 18.7 Å². The molecule has 1 N–H and O–H groups in total. The Hall–Kier alpha value is 0.240. The molecule has 0 amide bonds. The molecule has 1 aromatic heterocycles. The number of hydrogen-bond acceptors (Lipinski definition) is 4. The maximum absolute atomic E-state index is 11.9. The number of nitrogens with one attached hydrogen (secondary N) is 1. The van der Waals surface area contributed by atoms with Gasteiger partial charge in [-0.25, -0.2) is 13.1 Å². The lowest BCUT2D eigenvalue weighted by Gasteiger charge is -2.05. The predicted molar refractivity (Wildman–Crippen MR) is 75.5 cm³/mol. The Morgan fingerprint density at radius 2 is 2.18 bits per heavy atom. The van der Waals surface area contributed by atoms with Crippen LogP contribution in [-0.4, -0.2) is 30.7 Å². The summed E-state index contributed by atoms with van der Waals surface area (Å²) >= 11 is 4.63. The van der Waals surface area contributed by atoms with Crippen LogP contribution in [0.3, 0.4) is 0 Å². The van der Waals surface area contributed by atoms with Gasteiger partial charge in [-0.2, -0.15) is 0 Å². The molecule has 1 heterocycles. The Morgan fingerprint density at radius 3 is 2.65 bits per heavy atom. The maximum atomic E-state index is 11.9. The largest absolute Gasteiger partial charge is 0.260 e. The molecule has 0 radical (unpaired) electrons. The summed E-state index contributed by atoms with van der Waals surface area (Å²) < 4.78 is 38.2. The van der Waals surface area contributed by atoms with E-state index in [-0.39, 0.29) is 11.4 Å². The van der Waals surface area contributed by atoms with Crippen LogP contribution >= 0.6 is 27.3 Å². The molecule has 0 bridgehead atoms. The number of thiophene rings is 1. The molecule has 0 aliphatic heterocycles. The first-order valence-corrected chi connectivity index (χ1v) is 9.55. The van der Waals surface area contributed by atoms with E-state index in [1.165, 1.54) is 11.3 Å². The zero-order chi connectivity index (χ0) is 13.1. The summed E-state index contributed by atoms with van der Waals surface area (Å²) in [6, 6.07) is 1.58. The number of halogens is 1. The van der Waals surface area contributed by atoms with Crippen LogP contribution in [0.15, 0.2) is 14.7 Å². The fourth-order valence-corrected chi connectivity index (χ4v) is 5.40. The van der Waals surface area contributed by atoms with Crippen molar-refractivity contribution in [3.05, 3.63) is 14.7 Å². The highest BCUT2D eigenvalue weighted by molar-refractivity contribution is 9.11. The third-order valence-corrected chi connectivity index (χ3v) is 6.65. The Bertz CT molecular complexity index is 510. The molecule has 1 aromatic rings. The summed E-state index contributed by atoms with van der Waals surface area (Å²) in [5.74, 6) is 0.894. The number of aryl methyl sites for hydroxylation is 1. The van der Waals surface area contributed by atoms with Crippen molar-refractivity contribution in [3.63, 3.8) is 0 Å². The van der Waals surface area contributed by atoms with Gasteiger partial charge in [0.15, 0.2) is 0 Å². The van der Waals surface area contributed by atoms with Crippen LogP contribution in [-0.2, 0) is 20.8 Å². The maximum Gasteiger partial charge on any atom is 0.241 e. The van der Waals surface area contributed by atoms with E-state index in [2.05, 4.69) is 20.7 Å². The molecule has 4 nitrogen and oxygen atoms in total. The monoisotopic (exact) mass is 359 g/mol. The molecule has 0 saturated carbocycles. The summed E-state index contributed by atoms with van der Waals surface area (Å²) in [5.41, 5.74) is 0. The third kappa shape index (κ3) is 4.44. The van der Waals surface area contributed by atoms with E-state index < -0.39 is 20.8 Å². The quantitative estimate of drug-likeness (QED) is 0.842. The third-order valence-electron chi connectivity index (χ3n) is 2.08. The van der Waals surface area contributed by atoms with Crippen molar-refractivity contribution >= 4 is 48.1 Å². The minimum Gasteiger partial charge on any atom is -0.260 e. The van der Waals surface area contributed by atoms with Crippen LogP contribution in [0.2, 0.25) is 0 Å². The molecule has 1 unspecified atom stereocenters. The Labute approximate surface area is 116 Å². The highest BCUT2D eigenvalue weighted by atomic mass is 79.9. The predicted octanol–water partition coefficient (Wildman–Crippen LogP) is 1.87. The topological polar surface area (TPSA) is 63.2 Å². The molecular weight excluding hydrogens is 346 g/mol. The van der Waals surface area contributed by atoms with E-state index in [1.54, 1.807) is 13.0 Å². The highest BCUT2D eigenvalue weighted by Gasteiger charge is 2.18. The van der Waals surface area contributed by atoms with Gasteiger partial charge in [-0.15, -0.1) is 11.3 Å². The Morgan fingerprint density at radius 1 is 1.53 bits per heavy atom. The van der Waals surface area contributed by atoms with Gasteiger partial charge in [-0.05, 0) is 28.9 Å². The van der Waals surface area contributed by atoms with Crippen LogP contribution in [0, 0.1) is 6.92 Å². The molecule has 1 atom stereocenters. The average molecular weight is 360 g/mol. The van der Waals surface area contributed by atoms with E-state index in [9.17, 15) is 12.6 Å². The van der Waals surface area contributed by atoms with Crippen molar-refractivity contribution in [1.82, 2.24) is 4.72 Å². The summed E-state index contributed by atoms with van der Waals surface area (Å²) in [4.78, 5) is 1.03. The van der Waals surface area contributed by atoms with Crippen molar-refractivity contribution < 1.29 is 12.6 Å².